The van der Waals surface area contributed by atoms with E-state index >= 15 is 0 Å². The van der Waals surface area contributed by atoms with E-state index in [-0.39, 0.29) is 0 Å². The van der Waals surface area contributed by atoms with Crippen LogP contribution in [0.2, 0.25) is 5.15 Å². The molecule has 0 unspecified atom stereocenters. The monoisotopic (exact) mass is 305 g/mol. The van der Waals surface area contributed by atoms with Crippen LogP contribution in [0.4, 0.5) is 11.5 Å². The third-order valence-electron chi connectivity index (χ3n) is 3.48. The molecule has 0 bridgehead atoms. The predicted molar refractivity (Wildman–Crippen MR) is 81.8 cm³/mol. The van der Waals surface area contributed by atoms with Crippen LogP contribution in [0.3, 0.4) is 0 Å². The van der Waals surface area contributed by atoms with Crippen molar-refractivity contribution in [2.45, 2.75) is 20.3 Å². The van der Waals surface area contributed by atoms with E-state index in [9.17, 15) is 0 Å². The van der Waals surface area contributed by atoms with Crippen molar-refractivity contribution in [1.29, 1.82) is 0 Å². The zero-order valence-corrected chi connectivity index (χ0v) is 12.7. The minimum atomic E-state index is 0.428. The van der Waals surface area contributed by atoms with Crippen LogP contribution in [0.25, 0.3) is 0 Å². The molecule has 0 saturated heterocycles. The summed E-state index contributed by atoms with van der Waals surface area (Å²) in [6, 6.07) is 5.73. The van der Waals surface area contributed by atoms with Crippen LogP contribution in [0, 0.1) is 13.8 Å². The first-order valence-electron chi connectivity index (χ1n) is 6.81. The summed E-state index contributed by atoms with van der Waals surface area (Å²) in [5.41, 5.74) is 2.77. The number of nitrogens with zero attached hydrogens (tertiary/aromatic N) is 2. The number of ether oxygens (including phenoxy) is 2. The Morgan fingerprint density at radius 1 is 1.05 bits per heavy atom. The van der Waals surface area contributed by atoms with Gasteiger partial charge in [0.25, 0.3) is 0 Å². The third kappa shape index (κ3) is 2.88. The highest BCUT2D eigenvalue weighted by molar-refractivity contribution is 6.30. The molecule has 2 aromatic rings. The lowest BCUT2D eigenvalue weighted by molar-refractivity contribution is 0.297. The van der Waals surface area contributed by atoms with Crippen LogP contribution >= 0.6 is 11.6 Å². The molecule has 5 nitrogen and oxygen atoms in total. The smallest absolute Gasteiger partial charge is 0.163 e. The van der Waals surface area contributed by atoms with Crippen molar-refractivity contribution < 1.29 is 9.47 Å². The number of halogens is 1. The number of rotatable bonds is 2. The highest BCUT2D eigenvalue weighted by Crippen LogP contribution is 2.33. The number of benzene rings is 1. The van der Waals surface area contributed by atoms with Gasteiger partial charge in [-0.05, 0) is 37.1 Å². The molecule has 0 aliphatic carbocycles. The number of hydrogen-bond acceptors (Lipinski definition) is 5. The number of aromatic nitrogens is 2. The maximum atomic E-state index is 5.96. The van der Waals surface area contributed by atoms with Crippen molar-refractivity contribution >= 4 is 23.1 Å². The van der Waals surface area contributed by atoms with Crippen LogP contribution in [-0.2, 0) is 0 Å². The Kier molecular flexibility index (Phi) is 3.84. The number of fused-ring (bicyclic) bond motifs is 1. The molecule has 1 aromatic carbocycles. The number of nitrogens with one attached hydrogen (secondary N) is 1. The minimum absolute atomic E-state index is 0.428. The molecule has 0 radical (unpaired) electrons. The molecule has 1 aliphatic heterocycles. The van der Waals surface area contributed by atoms with Crippen molar-refractivity contribution in [1.82, 2.24) is 10.2 Å². The lowest BCUT2D eigenvalue weighted by Gasteiger charge is -2.12. The van der Waals surface area contributed by atoms with Crippen LogP contribution in [0.1, 0.15) is 17.5 Å². The van der Waals surface area contributed by atoms with Gasteiger partial charge in [-0.15, -0.1) is 10.2 Å². The summed E-state index contributed by atoms with van der Waals surface area (Å²) in [6.45, 7) is 5.23. The van der Waals surface area contributed by atoms with Gasteiger partial charge in [-0.1, -0.05) is 11.6 Å². The van der Waals surface area contributed by atoms with E-state index in [2.05, 4.69) is 15.5 Å². The van der Waals surface area contributed by atoms with Crippen molar-refractivity contribution in [3.8, 4) is 11.5 Å². The van der Waals surface area contributed by atoms with E-state index in [4.69, 9.17) is 21.1 Å². The van der Waals surface area contributed by atoms with E-state index < -0.39 is 0 Å². The van der Waals surface area contributed by atoms with Gasteiger partial charge < -0.3 is 14.8 Å². The quantitative estimate of drug-likeness (QED) is 0.917. The van der Waals surface area contributed by atoms with E-state index in [1.165, 1.54) is 0 Å². The second-order valence-corrected chi connectivity index (χ2v) is 5.28. The molecule has 1 aromatic heterocycles. The molecule has 0 spiro atoms. The van der Waals surface area contributed by atoms with E-state index in [1.54, 1.807) is 0 Å². The molecule has 110 valence electrons. The van der Waals surface area contributed by atoms with Crippen molar-refractivity contribution in [2.75, 3.05) is 18.5 Å². The van der Waals surface area contributed by atoms with Gasteiger partial charge in [-0.25, -0.2) is 0 Å². The van der Waals surface area contributed by atoms with Crippen molar-refractivity contribution in [3.63, 3.8) is 0 Å². The van der Waals surface area contributed by atoms with Gasteiger partial charge in [0.15, 0.2) is 22.5 Å². The van der Waals surface area contributed by atoms with Crippen molar-refractivity contribution in [2.24, 2.45) is 0 Å². The zero-order valence-electron chi connectivity index (χ0n) is 11.9. The Labute approximate surface area is 128 Å². The topological polar surface area (TPSA) is 56.3 Å². The Balaban J connectivity index is 1.89. The van der Waals surface area contributed by atoms with Crippen LogP contribution in [0.5, 0.6) is 11.5 Å². The van der Waals surface area contributed by atoms with Crippen LogP contribution < -0.4 is 14.8 Å². The summed E-state index contributed by atoms with van der Waals surface area (Å²) in [7, 11) is 0. The normalized spacial score (nSPS) is 13.7. The van der Waals surface area contributed by atoms with E-state index in [0.29, 0.717) is 24.2 Å². The Morgan fingerprint density at radius 2 is 1.81 bits per heavy atom. The van der Waals surface area contributed by atoms with Gasteiger partial charge in [-0.3, -0.25) is 0 Å². The van der Waals surface area contributed by atoms with Crippen LogP contribution in [-0.4, -0.2) is 23.4 Å². The number of anilines is 2. The van der Waals surface area contributed by atoms with Crippen LogP contribution in [0.15, 0.2) is 18.2 Å². The number of hydrogen-bond donors (Lipinski definition) is 1. The average Bonchev–Trinajstić information content (AvgIpc) is 2.73. The van der Waals surface area contributed by atoms with Gasteiger partial charge in [0, 0.05) is 18.2 Å². The average molecular weight is 306 g/mol. The van der Waals surface area contributed by atoms with Gasteiger partial charge in [0.05, 0.1) is 13.2 Å². The second-order valence-electron chi connectivity index (χ2n) is 4.93. The maximum Gasteiger partial charge on any atom is 0.163 e. The molecule has 6 heteroatoms. The zero-order chi connectivity index (χ0) is 14.8. The first-order valence-corrected chi connectivity index (χ1v) is 7.19. The van der Waals surface area contributed by atoms with Gasteiger partial charge >= 0.3 is 0 Å². The summed E-state index contributed by atoms with van der Waals surface area (Å²) >= 11 is 5.96. The second kappa shape index (κ2) is 5.77. The molecule has 1 aliphatic rings. The summed E-state index contributed by atoms with van der Waals surface area (Å²) in [5.74, 6) is 2.20. The Morgan fingerprint density at radius 3 is 2.62 bits per heavy atom. The van der Waals surface area contributed by atoms with Crippen molar-refractivity contribution in [3.05, 3.63) is 34.5 Å². The molecule has 0 amide bonds. The van der Waals surface area contributed by atoms with E-state index in [1.807, 2.05) is 32.0 Å². The highest BCUT2D eigenvalue weighted by atomic mass is 35.5. The lowest BCUT2D eigenvalue weighted by Crippen LogP contribution is -2.02. The molecule has 21 heavy (non-hydrogen) atoms. The fourth-order valence-electron chi connectivity index (χ4n) is 2.07. The van der Waals surface area contributed by atoms with E-state index in [0.717, 1.165) is 34.7 Å². The molecule has 0 atom stereocenters. The molecular formula is C15H16ClN3O2. The first kappa shape index (κ1) is 13.9. The molecular weight excluding hydrogens is 290 g/mol. The lowest BCUT2D eigenvalue weighted by atomic mass is 10.2. The highest BCUT2D eigenvalue weighted by Gasteiger charge is 2.12. The molecule has 2 heterocycles. The largest absolute Gasteiger partial charge is 0.490 e. The fourth-order valence-corrected chi connectivity index (χ4v) is 2.25. The standard InChI is InChI=1S/C15H16ClN3O2/c1-9-10(2)15(19-18-14(9)16)17-11-4-5-12-13(8-11)21-7-3-6-20-12/h4-5,8H,3,6-7H2,1-2H3,(H,17,19). The molecule has 0 saturated carbocycles. The fraction of sp³-hybridized carbons (Fsp3) is 0.333. The first-order chi connectivity index (χ1) is 10.1. The SMILES string of the molecule is Cc1c(Cl)nnc(Nc2ccc3c(c2)OCCCO3)c1C. The molecule has 1 N–H and O–H groups in total. The minimum Gasteiger partial charge on any atom is -0.490 e. The Bertz CT molecular complexity index is 676. The Hall–Kier alpha value is -2.01. The summed E-state index contributed by atoms with van der Waals surface area (Å²) in [4.78, 5) is 0. The summed E-state index contributed by atoms with van der Waals surface area (Å²) in [5, 5.41) is 11.7. The third-order valence-corrected chi connectivity index (χ3v) is 3.83. The molecule has 3 rings (SSSR count). The van der Waals surface area contributed by atoms with Gasteiger partial charge in [0.1, 0.15) is 0 Å². The van der Waals surface area contributed by atoms with Gasteiger partial charge in [0.2, 0.25) is 0 Å². The maximum absolute atomic E-state index is 5.96. The molecule has 0 fully saturated rings. The van der Waals surface area contributed by atoms with Gasteiger partial charge in [-0.2, -0.15) is 0 Å². The summed E-state index contributed by atoms with van der Waals surface area (Å²) < 4.78 is 11.3. The predicted octanol–water partition coefficient (Wildman–Crippen LogP) is 3.65. The summed E-state index contributed by atoms with van der Waals surface area (Å²) in [6.07, 6.45) is 0.887.